The first-order valence-corrected chi connectivity index (χ1v) is 7.34. The van der Waals surface area contributed by atoms with Crippen LogP contribution < -0.4 is 0 Å². The lowest BCUT2D eigenvalue weighted by molar-refractivity contribution is 0.0650. The van der Waals surface area contributed by atoms with Crippen LogP contribution >= 0.6 is 0 Å². The lowest BCUT2D eigenvalue weighted by atomic mass is 9.68. The molecule has 0 amide bonds. The number of rotatable bonds is 0. The van der Waals surface area contributed by atoms with E-state index >= 15 is 0 Å². The highest BCUT2D eigenvalue weighted by molar-refractivity contribution is 5.88. The van der Waals surface area contributed by atoms with E-state index in [1.165, 1.54) is 35.9 Å². The molecule has 2 heteroatoms. The average molecular weight is 254 g/mol. The quantitative estimate of drug-likeness (QED) is 0.762. The molecule has 0 saturated carbocycles. The normalized spacial score (nSPS) is 29.4. The molecule has 0 radical (unpaired) electrons. The summed E-state index contributed by atoms with van der Waals surface area (Å²) in [7, 11) is 2.30. The molecule has 1 unspecified atom stereocenters. The van der Waals surface area contributed by atoms with Crippen molar-refractivity contribution < 1.29 is 0 Å². The van der Waals surface area contributed by atoms with E-state index in [0.717, 1.165) is 0 Å². The van der Waals surface area contributed by atoms with E-state index in [9.17, 15) is 0 Å². The SMILES string of the molecule is CN1CC(C)(C)CC2c3cccc4[nH]cc(c34)C[C@H]21. The number of fused-ring (bicyclic) bond motifs is 2. The Balaban J connectivity index is 1.91. The third-order valence-corrected chi connectivity index (χ3v) is 5.13. The Hall–Kier alpha value is -1.28. The number of hydrogen-bond acceptors (Lipinski definition) is 1. The van der Waals surface area contributed by atoms with Gasteiger partial charge in [-0.05, 0) is 42.5 Å². The van der Waals surface area contributed by atoms with Crippen molar-refractivity contribution in [3.8, 4) is 0 Å². The molecule has 100 valence electrons. The highest BCUT2D eigenvalue weighted by atomic mass is 15.2. The molecule has 2 aromatic rings. The first-order chi connectivity index (χ1) is 9.05. The highest BCUT2D eigenvalue weighted by Gasteiger charge is 2.42. The van der Waals surface area contributed by atoms with Crippen molar-refractivity contribution in [3.05, 3.63) is 35.5 Å². The number of nitrogens with zero attached hydrogens (tertiary/aromatic N) is 1. The van der Waals surface area contributed by atoms with E-state index in [4.69, 9.17) is 0 Å². The Morgan fingerprint density at radius 1 is 1.32 bits per heavy atom. The maximum Gasteiger partial charge on any atom is 0.0459 e. The minimum absolute atomic E-state index is 0.423. The summed E-state index contributed by atoms with van der Waals surface area (Å²) in [5, 5.41) is 1.51. The molecule has 1 fully saturated rings. The molecule has 2 atom stereocenters. The Morgan fingerprint density at radius 2 is 2.16 bits per heavy atom. The molecule has 2 nitrogen and oxygen atoms in total. The first kappa shape index (κ1) is 11.5. The van der Waals surface area contributed by atoms with Gasteiger partial charge in [0, 0.05) is 35.6 Å². The van der Waals surface area contributed by atoms with E-state index < -0.39 is 0 Å². The standard InChI is InChI=1S/C17H22N2/c1-17(2)8-13-12-5-4-6-14-16(12)11(9-18-14)7-15(13)19(3)10-17/h4-6,9,13,15,18H,7-8,10H2,1-3H3/t13?,15-/m1/s1. The van der Waals surface area contributed by atoms with E-state index in [1.807, 2.05) is 0 Å². The van der Waals surface area contributed by atoms with Crippen molar-refractivity contribution in [2.75, 3.05) is 13.6 Å². The van der Waals surface area contributed by atoms with Crippen molar-refractivity contribution in [1.29, 1.82) is 0 Å². The molecule has 2 heterocycles. The van der Waals surface area contributed by atoms with Gasteiger partial charge in [0.1, 0.15) is 0 Å². The molecule has 2 aliphatic rings. The molecule has 1 aliphatic carbocycles. The number of hydrogen-bond donors (Lipinski definition) is 1. The number of piperidine rings is 1. The number of nitrogens with one attached hydrogen (secondary N) is 1. The highest BCUT2D eigenvalue weighted by Crippen LogP contribution is 2.47. The fraction of sp³-hybridized carbons (Fsp3) is 0.529. The summed E-state index contributed by atoms with van der Waals surface area (Å²) in [6.45, 7) is 6.03. The fourth-order valence-corrected chi connectivity index (χ4v) is 4.49. The number of aromatic nitrogens is 1. The van der Waals surface area contributed by atoms with Crippen LogP contribution in [0.4, 0.5) is 0 Å². The molecule has 1 saturated heterocycles. The maximum atomic E-state index is 3.45. The third-order valence-electron chi connectivity index (χ3n) is 5.13. The summed E-state index contributed by atoms with van der Waals surface area (Å²) in [4.78, 5) is 6.03. The third kappa shape index (κ3) is 1.59. The molecular weight excluding hydrogens is 232 g/mol. The van der Waals surface area contributed by atoms with Gasteiger partial charge in [0.2, 0.25) is 0 Å². The van der Waals surface area contributed by atoms with Crippen molar-refractivity contribution >= 4 is 10.9 Å². The molecule has 1 aromatic heterocycles. The predicted molar refractivity (Wildman–Crippen MR) is 79.6 cm³/mol. The zero-order valence-electron chi connectivity index (χ0n) is 12.0. The van der Waals surface area contributed by atoms with Crippen molar-refractivity contribution in [2.24, 2.45) is 5.41 Å². The van der Waals surface area contributed by atoms with E-state index in [1.54, 1.807) is 5.56 Å². The molecule has 19 heavy (non-hydrogen) atoms. The molecule has 4 rings (SSSR count). The van der Waals surface area contributed by atoms with E-state index in [0.29, 0.717) is 17.4 Å². The predicted octanol–water partition coefficient (Wildman–Crippen LogP) is 3.54. The van der Waals surface area contributed by atoms with Gasteiger partial charge in [-0.15, -0.1) is 0 Å². The minimum Gasteiger partial charge on any atom is -0.361 e. The molecule has 0 spiro atoms. The number of likely N-dealkylation sites (tertiary alicyclic amines) is 1. The maximum absolute atomic E-state index is 3.45. The van der Waals surface area contributed by atoms with Crippen LogP contribution in [0.3, 0.4) is 0 Å². The number of benzene rings is 1. The second-order valence-corrected chi connectivity index (χ2v) is 7.25. The topological polar surface area (TPSA) is 19.0 Å². The minimum atomic E-state index is 0.423. The zero-order chi connectivity index (χ0) is 13.2. The molecule has 1 aliphatic heterocycles. The van der Waals surface area contributed by atoms with Crippen LogP contribution in [0.1, 0.15) is 37.3 Å². The van der Waals surface area contributed by atoms with Gasteiger partial charge >= 0.3 is 0 Å². The average Bonchev–Trinajstić information content (AvgIpc) is 2.75. The smallest absolute Gasteiger partial charge is 0.0459 e. The Morgan fingerprint density at radius 3 is 3.00 bits per heavy atom. The molecular formula is C17H22N2. The summed E-state index contributed by atoms with van der Waals surface area (Å²) >= 11 is 0. The van der Waals surface area contributed by atoms with Gasteiger partial charge in [-0.3, -0.25) is 0 Å². The van der Waals surface area contributed by atoms with E-state index in [2.05, 4.69) is 55.2 Å². The summed E-state index contributed by atoms with van der Waals surface area (Å²) in [5.41, 5.74) is 4.83. The number of likely N-dealkylation sites (N-methyl/N-ethyl adjacent to an activating group) is 1. The van der Waals surface area contributed by atoms with Gasteiger partial charge in [-0.25, -0.2) is 0 Å². The number of H-pyrrole nitrogens is 1. The Kier molecular flexibility index (Phi) is 2.21. The van der Waals surface area contributed by atoms with E-state index in [-0.39, 0.29) is 0 Å². The van der Waals surface area contributed by atoms with Crippen LogP contribution in [0.15, 0.2) is 24.4 Å². The van der Waals surface area contributed by atoms with Crippen LogP contribution in [-0.2, 0) is 6.42 Å². The Bertz CT molecular complexity index is 638. The lowest BCUT2D eigenvalue weighted by Crippen LogP contribution is -2.50. The summed E-state index contributed by atoms with van der Waals surface area (Å²) in [5.74, 6) is 0.695. The lowest BCUT2D eigenvalue weighted by Gasteiger charge is -2.49. The number of aromatic amines is 1. The van der Waals surface area contributed by atoms with Crippen LogP contribution in [0.25, 0.3) is 10.9 Å². The summed E-state index contributed by atoms with van der Waals surface area (Å²) < 4.78 is 0. The second kappa shape index (κ2) is 3.63. The molecule has 1 N–H and O–H groups in total. The molecule has 0 bridgehead atoms. The second-order valence-electron chi connectivity index (χ2n) is 7.25. The fourth-order valence-electron chi connectivity index (χ4n) is 4.49. The van der Waals surface area contributed by atoms with Gasteiger partial charge in [0.25, 0.3) is 0 Å². The van der Waals surface area contributed by atoms with Gasteiger partial charge in [-0.2, -0.15) is 0 Å². The van der Waals surface area contributed by atoms with Crippen LogP contribution in [0.5, 0.6) is 0 Å². The van der Waals surface area contributed by atoms with Gasteiger partial charge in [-0.1, -0.05) is 26.0 Å². The van der Waals surface area contributed by atoms with Gasteiger partial charge in [0.15, 0.2) is 0 Å². The van der Waals surface area contributed by atoms with Gasteiger partial charge < -0.3 is 9.88 Å². The first-order valence-electron chi connectivity index (χ1n) is 7.34. The molecule has 1 aromatic carbocycles. The van der Waals surface area contributed by atoms with Crippen molar-refractivity contribution in [1.82, 2.24) is 9.88 Å². The monoisotopic (exact) mass is 254 g/mol. The zero-order valence-corrected chi connectivity index (χ0v) is 12.0. The Labute approximate surface area is 114 Å². The summed E-state index contributed by atoms with van der Waals surface area (Å²) in [6, 6.07) is 7.45. The summed E-state index contributed by atoms with van der Waals surface area (Å²) in [6.07, 6.45) is 4.73. The van der Waals surface area contributed by atoms with Crippen LogP contribution in [-0.4, -0.2) is 29.5 Å². The van der Waals surface area contributed by atoms with Crippen LogP contribution in [0.2, 0.25) is 0 Å². The van der Waals surface area contributed by atoms with Crippen molar-refractivity contribution in [3.63, 3.8) is 0 Å². The largest absolute Gasteiger partial charge is 0.361 e. The van der Waals surface area contributed by atoms with Gasteiger partial charge in [0.05, 0.1) is 0 Å². The van der Waals surface area contributed by atoms with Crippen LogP contribution in [0, 0.1) is 5.41 Å². The van der Waals surface area contributed by atoms with Crippen molar-refractivity contribution in [2.45, 2.75) is 38.6 Å².